The van der Waals surface area contributed by atoms with E-state index in [-0.39, 0.29) is 42.7 Å². The number of hydrogen-bond acceptors (Lipinski definition) is 4. The van der Waals surface area contributed by atoms with Crippen LogP contribution in [0.3, 0.4) is 0 Å². The average molecular weight is 1120 g/mol. The van der Waals surface area contributed by atoms with Crippen molar-refractivity contribution in [3.05, 3.63) is 198 Å². The van der Waals surface area contributed by atoms with Crippen LogP contribution in [0.25, 0.3) is 38.8 Å². The second-order valence-electron chi connectivity index (χ2n) is 23.5. The van der Waals surface area contributed by atoms with Crippen molar-refractivity contribution >= 4 is 33.2 Å². The molecule has 8 aromatic rings. The SMILES string of the molecule is CC(C)c1cccc(C(C)C)c1-c1cc(Oc2[c-]c3c(cc2)c2ccccc2n3-c2cc(C(C)(C)C)ccn2)[c-]c(N2[CH-]N(c3ccc(C(C)(C)c4ccccc4)cc3)C(C(C)(C)C)=C2C(C)(C)C)c1.[Pt]. The number of rotatable bonds is 10. The molecule has 0 aliphatic carbocycles. The summed E-state index contributed by atoms with van der Waals surface area (Å²) in [7, 11) is 0. The number of aromatic nitrogens is 2. The van der Waals surface area contributed by atoms with Crippen LogP contribution in [-0.4, -0.2) is 9.55 Å². The smallest absolute Gasteiger partial charge is 0.135 e. The second kappa shape index (κ2) is 19.3. The van der Waals surface area contributed by atoms with Gasteiger partial charge in [-0.15, -0.1) is 53.6 Å². The first-order valence-electron chi connectivity index (χ1n) is 25.2. The Bertz CT molecular complexity index is 3220. The molecule has 71 heavy (non-hydrogen) atoms. The zero-order valence-electron chi connectivity index (χ0n) is 44.5. The largest absolute Gasteiger partial charge is 0.509 e. The molecule has 0 spiro atoms. The van der Waals surface area contributed by atoms with Gasteiger partial charge >= 0.3 is 0 Å². The number of benzene rings is 6. The molecule has 2 aromatic heterocycles. The van der Waals surface area contributed by atoms with Crippen molar-refractivity contribution in [2.45, 2.75) is 127 Å². The number of ether oxygens (including phenoxy) is 1. The molecular weight excluding hydrogens is 1050 g/mol. The van der Waals surface area contributed by atoms with Crippen molar-refractivity contribution in [1.29, 1.82) is 0 Å². The minimum absolute atomic E-state index is 0. The number of para-hydroxylation sites is 1. The molecule has 0 bridgehead atoms. The van der Waals surface area contributed by atoms with Gasteiger partial charge < -0.3 is 19.1 Å². The first kappa shape index (κ1) is 51.5. The summed E-state index contributed by atoms with van der Waals surface area (Å²) in [6.45, 7) is 36.7. The molecule has 5 nitrogen and oxygen atoms in total. The summed E-state index contributed by atoms with van der Waals surface area (Å²) in [5.74, 6) is 2.69. The fourth-order valence-electron chi connectivity index (χ4n) is 10.4. The number of hydrogen-bond donors (Lipinski definition) is 0. The summed E-state index contributed by atoms with van der Waals surface area (Å²) in [5.41, 5.74) is 14.6. The van der Waals surface area contributed by atoms with Gasteiger partial charge in [-0.3, -0.25) is 0 Å². The fourth-order valence-corrected chi connectivity index (χ4v) is 10.4. The Morgan fingerprint density at radius 3 is 1.76 bits per heavy atom. The van der Waals surface area contributed by atoms with Gasteiger partial charge in [0.2, 0.25) is 0 Å². The molecule has 0 radical (unpaired) electrons. The van der Waals surface area contributed by atoms with E-state index in [9.17, 15) is 0 Å². The Balaban J connectivity index is 0.00000676. The van der Waals surface area contributed by atoms with Gasteiger partial charge in [0, 0.05) is 77.6 Å². The van der Waals surface area contributed by atoms with Gasteiger partial charge in [0.1, 0.15) is 5.82 Å². The third-order valence-corrected chi connectivity index (χ3v) is 14.1. The van der Waals surface area contributed by atoms with Crippen LogP contribution in [0.1, 0.15) is 144 Å². The Morgan fingerprint density at radius 1 is 0.535 bits per heavy atom. The van der Waals surface area contributed by atoms with Gasteiger partial charge in [-0.2, -0.15) is 6.07 Å². The van der Waals surface area contributed by atoms with E-state index < -0.39 is 0 Å². The van der Waals surface area contributed by atoms with Crippen molar-refractivity contribution in [3.63, 3.8) is 0 Å². The molecule has 0 atom stereocenters. The van der Waals surface area contributed by atoms with Crippen LogP contribution >= 0.6 is 0 Å². The molecular formula is C65H71N4OPt-3. The van der Waals surface area contributed by atoms with Crippen molar-refractivity contribution in [3.8, 4) is 28.4 Å². The van der Waals surface area contributed by atoms with Crippen LogP contribution in [0.15, 0.2) is 151 Å². The molecule has 0 fully saturated rings. The fraction of sp³-hybridized carbons (Fsp3) is 0.323. The number of pyridine rings is 1. The van der Waals surface area contributed by atoms with E-state index in [4.69, 9.17) is 9.72 Å². The Kier molecular flexibility index (Phi) is 14.0. The summed E-state index contributed by atoms with van der Waals surface area (Å²) >= 11 is 0. The van der Waals surface area contributed by atoms with E-state index in [0.29, 0.717) is 23.3 Å². The van der Waals surface area contributed by atoms with Crippen LogP contribution in [0.5, 0.6) is 11.5 Å². The van der Waals surface area contributed by atoms with Gasteiger partial charge in [0.05, 0.1) is 0 Å². The number of allylic oxidation sites excluding steroid dienone is 2. The molecule has 6 aromatic carbocycles. The van der Waals surface area contributed by atoms with E-state index in [0.717, 1.165) is 44.6 Å². The van der Waals surface area contributed by atoms with E-state index in [1.807, 2.05) is 12.3 Å². The van der Waals surface area contributed by atoms with Crippen LogP contribution in [0.2, 0.25) is 0 Å². The van der Waals surface area contributed by atoms with E-state index in [1.165, 1.54) is 44.8 Å². The normalized spacial score (nSPS) is 13.8. The molecule has 370 valence electrons. The summed E-state index contributed by atoms with van der Waals surface area (Å²) in [4.78, 5) is 9.73. The van der Waals surface area contributed by atoms with E-state index in [2.05, 4.69) is 264 Å². The summed E-state index contributed by atoms with van der Waals surface area (Å²) in [6, 6.07) is 55.9. The third kappa shape index (κ3) is 9.89. The first-order chi connectivity index (χ1) is 33.0. The topological polar surface area (TPSA) is 33.5 Å². The molecule has 1 aliphatic rings. The average Bonchev–Trinajstić information content (AvgIpc) is 3.89. The van der Waals surface area contributed by atoms with Crippen LogP contribution < -0.4 is 14.5 Å². The molecule has 0 N–H and O–H groups in total. The van der Waals surface area contributed by atoms with Crippen LogP contribution in [-0.2, 0) is 31.9 Å². The molecule has 3 heterocycles. The van der Waals surface area contributed by atoms with Gasteiger partial charge in [-0.25, -0.2) is 4.98 Å². The van der Waals surface area contributed by atoms with E-state index in [1.54, 1.807) is 0 Å². The molecule has 0 saturated heterocycles. The Hall–Kier alpha value is -5.90. The second-order valence-corrected chi connectivity index (χ2v) is 23.5. The maximum atomic E-state index is 7.11. The van der Waals surface area contributed by atoms with Gasteiger partial charge in [0.25, 0.3) is 0 Å². The van der Waals surface area contributed by atoms with Crippen molar-refractivity contribution in [1.82, 2.24) is 9.55 Å². The van der Waals surface area contributed by atoms with Gasteiger partial charge in [-0.1, -0.05) is 188 Å². The third-order valence-electron chi connectivity index (χ3n) is 14.1. The number of anilines is 2. The van der Waals surface area contributed by atoms with Gasteiger partial charge in [0.15, 0.2) is 0 Å². The van der Waals surface area contributed by atoms with Gasteiger partial charge in [-0.05, 0) is 86.3 Å². The maximum absolute atomic E-state index is 7.11. The van der Waals surface area contributed by atoms with Crippen LogP contribution in [0, 0.1) is 29.6 Å². The summed E-state index contributed by atoms with van der Waals surface area (Å²) < 4.78 is 9.33. The van der Waals surface area contributed by atoms with Crippen LogP contribution in [0.4, 0.5) is 11.4 Å². The molecule has 6 heteroatoms. The predicted octanol–water partition coefficient (Wildman–Crippen LogP) is 17.9. The Morgan fingerprint density at radius 2 is 1.14 bits per heavy atom. The molecule has 0 unspecified atom stereocenters. The molecule has 9 rings (SSSR count). The van der Waals surface area contributed by atoms with E-state index >= 15 is 0 Å². The number of fused-ring (bicyclic) bond motifs is 3. The van der Waals surface area contributed by atoms with Crippen molar-refractivity contribution in [2.24, 2.45) is 10.8 Å². The summed E-state index contributed by atoms with van der Waals surface area (Å²) in [6.07, 6.45) is 1.92. The maximum Gasteiger partial charge on any atom is 0.135 e. The molecule has 1 aliphatic heterocycles. The monoisotopic (exact) mass is 1120 g/mol. The number of nitrogens with zero attached hydrogens (tertiary/aromatic N) is 4. The minimum Gasteiger partial charge on any atom is -0.509 e. The first-order valence-corrected chi connectivity index (χ1v) is 25.2. The zero-order chi connectivity index (χ0) is 50.1. The quantitative estimate of drug-likeness (QED) is 0.128. The van der Waals surface area contributed by atoms with Crippen molar-refractivity contribution < 1.29 is 25.8 Å². The predicted molar refractivity (Wildman–Crippen MR) is 295 cm³/mol. The standard InChI is InChI=1S/C65H71N4O.Pt/c1-42(2)52-25-21-26-53(43(3)4)59(52)44-36-49(68-41-67(60(63(8,9)10)61(68)64(11,12)13)48-30-28-46(29-31-48)65(14,15)45-22-17-16-18-23-45)39-51(37-44)70-50-32-33-55-54-24-19-20-27-56(54)69(57(55)40-50)58-38-47(34-35-66-58)62(5,6)7;/h16-38,41-43H,1-15H3;/q-3;. The molecule has 0 amide bonds. The zero-order valence-corrected chi connectivity index (χ0v) is 46.8. The van der Waals surface area contributed by atoms with Crippen molar-refractivity contribution in [2.75, 3.05) is 9.80 Å². The molecule has 0 saturated carbocycles. The minimum atomic E-state index is -0.253. The summed E-state index contributed by atoms with van der Waals surface area (Å²) in [5, 5.41) is 2.24. The Labute approximate surface area is 439 Å².